The summed E-state index contributed by atoms with van der Waals surface area (Å²) in [5, 5.41) is 10.4. The number of hydrogen-bond donors (Lipinski definition) is 1. The Morgan fingerprint density at radius 1 is 1.00 bits per heavy atom. The Morgan fingerprint density at radius 3 is 2.27 bits per heavy atom. The molecular weight excluding hydrogens is 290 g/mol. The Labute approximate surface area is 125 Å². The first-order chi connectivity index (χ1) is 10.5. The third kappa shape index (κ3) is 2.63. The van der Waals surface area contributed by atoms with E-state index in [1.807, 2.05) is 6.07 Å². The zero-order valence-electron chi connectivity index (χ0n) is 11.4. The van der Waals surface area contributed by atoms with E-state index in [0.717, 1.165) is 23.8 Å². The van der Waals surface area contributed by atoms with E-state index in [1.165, 1.54) is 6.07 Å². The van der Waals surface area contributed by atoms with Crippen molar-refractivity contribution in [2.24, 2.45) is 0 Å². The summed E-state index contributed by atoms with van der Waals surface area (Å²) in [6.45, 7) is 0. The molecule has 1 N–H and O–H groups in total. The minimum absolute atomic E-state index is 0.000842. The molecule has 3 nitrogen and oxygen atoms in total. The van der Waals surface area contributed by atoms with Crippen LogP contribution in [0, 0.1) is 11.6 Å². The largest absolute Gasteiger partial charge is 0.425 e. The molecule has 1 heterocycles. The van der Waals surface area contributed by atoms with Crippen LogP contribution in [0.15, 0.2) is 54.6 Å². The van der Waals surface area contributed by atoms with Gasteiger partial charge in [-0.1, -0.05) is 36.4 Å². The van der Waals surface area contributed by atoms with Crippen molar-refractivity contribution in [2.75, 3.05) is 0 Å². The van der Waals surface area contributed by atoms with Gasteiger partial charge in [0.1, 0.15) is 11.6 Å². The summed E-state index contributed by atoms with van der Waals surface area (Å²) in [5.74, 6) is -4.63. The smallest absolute Gasteiger partial charge is 0.341 e. The van der Waals surface area contributed by atoms with Gasteiger partial charge in [-0.3, -0.25) is 0 Å². The monoisotopic (exact) mass is 302 g/mol. The van der Waals surface area contributed by atoms with E-state index in [9.17, 15) is 18.7 Å². The fourth-order valence-corrected chi connectivity index (χ4v) is 2.43. The first kappa shape index (κ1) is 14.4. The van der Waals surface area contributed by atoms with Crippen molar-refractivity contribution in [3.8, 4) is 0 Å². The van der Waals surface area contributed by atoms with E-state index in [2.05, 4.69) is 0 Å². The Morgan fingerprint density at radius 2 is 1.64 bits per heavy atom. The molecule has 22 heavy (non-hydrogen) atoms. The summed E-state index contributed by atoms with van der Waals surface area (Å²) in [7, 11) is 0. The molecule has 0 bridgehead atoms. The van der Waals surface area contributed by atoms with Crippen LogP contribution in [0.4, 0.5) is 8.78 Å². The van der Waals surface area contributed by atoms with Gasteiger partial charge in [0.05, 0.1) is 11.1 Å². The first-order valence-electron chi connectivity index (χ1n) is 6.65. The molecule has 0 aliphatic carbocycles. The second kappa shape index (κ2) is 5.35. The Hall–Kier alpha value is -2.53. The maximum Gasteiger partial charge on any atom is 0.341 e. The number of cyclic esters (lactones) is 1. The predicted octanol–water partition coefficient (Wildman–Crippen LogP) is 2.84. The van der Waals surface area contributed by atoms with Crippen LogP contribution in [-0.4, -0.2) is 16.9 Å². The molecule has 0 saturated heterocycles. The molecule has 0 spiro atoms. The second-order valence-corrected chi connectivity index (χ2v) is 5.05. The average molecular weight is 302 g/mol. The molecule has 2 aromatic carbocycles. The zero-order valence-corrected chi connectivity index (χ0v) is 11.4. The maximum absolute atomic E-state index is 13.8. The molecule has 1 aliphatic heterocycles. The van der Waals surface area contributed by atoms with Crippen molar-refractivity contribution in [2.45, 2.75) is 12.2 Å². The maximum atomic E-state index is 13.8. The number of hydrogen-bond acceptors (Lipinski definition) is 3. The van der Waals surface area contributed by atoms with Gasteiger partial charge in [0.15, 0.2) is 0 Å². The van der Waals surface area contributed by atoms with Crippen molar-refractivity contribution < 1.29 is 23.4 Å². The molecule has 112 valence electrons. The number of esters is 1. The van der Waals surface area contributed by atoms with Gasteiger partial charge in [0, 0.05) is 12.5 Å². The highest BCUT2D eigenvalue weighted by Crippen LogP contribution is 2.34. The van der Waals surface area contributed by atoms with E-state index in [1.54, 1.807) is 24.3 Å². The normalized spacial score (nSPS) is 20.7. The van der Waals surface area contributed by atoms with Gasteiger partial charge < -0.3 is 9.84 Å². The molecular formula is C17H12F2O3. The van der Waals surface area contributed by atoms with Crippen LogP contribution >= 0.6 is 0 Å². The van der Waals surface area contributed by atoms with Crippen molar-refractivity contribution in [3.63, 3.8) is 0 Å². The average Bonchev–Trinajstić information content (AvgIpc) is 2.74. The highest BCUT2D eigenvalue weighted by Gasteiger charge is 2.40. The van der Waals surface area contributed by atoms with Crippen LogP contribution in [0.1, 0.15) is 11.1 Å². The molecule has 0 saturated carbocycles. The number of ether oxygens (including phenoxy) is 1. The molecule has 2 aromatic rings. The summed E-state index contributed by atoms with van der Waals surface area (Å²) in [5.41, 5.74) is -0.0742. The Kier molecular flexibility index (Phi) is 3.50. The van der Waals surface area contributed by atoms with E-state index in [0.29, 0.717) is 0 Å². The second-order valence-electron chi connectivity index (χ2n) is 5.05. The van der Waals surface area contributed by atoms with Gasteiger partial charge in [0.25, 0.3) is 0 Å². The minimum atomic E-state index is -1.91. The lowest BCUT2D eigenvalue weighted by atomic mass is 10.0. The number of carbonyl (C=O) groups is 1. The van der Waals surface area contributed by atoms with Crippen LogP contribution < -0.4 is 0 Å². The predicted molar refractivity (Wildman–Crippen MR) is 75.5 cm³/mol. The molecule has 0 fully saturated rings. The number of aliphatic hydroxyl groups is 1. The Balaban J connectivity index is 1.98. The van der Waals surface area contributed by atoms with E-state index < -0.39 is 29.0 Å². The van der Waals surface area contributed by atoms with Crippen molar-refractivity contribution in [1.29, 1.82) is 0 Å². The zero-order chi connectivity index (χ0) is 15.7. The highest BCUT2D eigenvalue weighted by molar-refractivity contribution is 6.18. The number of halogens is 2. The van der Waals surface area contributed by atoms with Crippen LogP contribution in [0.5, 0.6) is 0 Å². The first-order valence-corrected chi connectivity index (χ1v) is 6.65. The fraction of sp³-hybridized carbons (Fsp3) is 0.118. The number of rotatable bonds is 3. The minimum Gasteiger partial charge on any atom is -0.425 e. The van der Waals surface area contributed by atoms with Crippen molar-refractivity contribution in [1.82, 2.24) is 0 Å². The van der Waals surface area contributed by atoms with Gasteiger partial charge in [-0.2, -0.15) is 0 Å². The lowest BCUT2D eigenvalue weighted by molar-refractivity contribution is -0.176. The van der Waals surface area contributed by atoms with Crippen LogP contribution in [-0.2, 0) is 16.0 Å². The van der Waals surface area contributed by atoms with E-state index in [4.69, 9.17) is 4.74 Å². The number of carbonyl (C=O) groups excluding carboxylic acids is 1. The van der Waals surface area contributed by atoms with Gasteiger partial charge in [-0.25, -0.2) is 13.6 Å². The lowest BCUT2D eigenvalue weighted by Gasteiger charge is -2.19. The summed E-state index contributed by atoms with van der Waals surface area (Å²) < 4.78 is 32.5. The lowest BCUT2D eigenvalue weighted by Crippen LogP contribution is -2.30. The number of benzene rings is 2. The van der Waals surface area contributed by atoms with Gasteiger partial charge in [-0.15, -0.1) is 0 Å². The summed E-state index contributed by atoms with van der Waals surface area (Å²) in [4.78, 5) is 11.9. The summed E-state index contributed by atoms with van der Waals surface area (Å²) >= 11 is 0. The van der Waals surface area contributed by atoms with E-state index in [-0.39, 0.29) is 12.0 Å². The summed E-state index contributed by atoms with van der Waals surface area (Å²) in [6, 6.07) is 12.1. The van der Waals surface area contributed by atoms with Crippen LogP contribution in [0.3, 0.4) is 0 Å². The molecule has 3 rings (SSSR count). The van der Waals surface area contributed by atoms with Gasteiger partial charge in [0.2, 0.25) is 5.79 Å². The van der Waals surface area contributed by atoms with E-state index >= 15 is 0 Å². The van der Waals surface area contributed by atoms with Crippen LogP contribution in [0.25, 0.3) is 5.57 Å². The quantitative estimate of drug-likeness (QED) is 0.887. The standard InChI is InChI=1S/C17H12F2O3/c18-13-7-4-8-14(19)15(13)12-10-17(21,22-16(12)20)9-11-5-2-1-3-6-11/h1-8,10,21H,9H2. The highest BCUT2D eigenvalue weighted by atomic mass is 19.1. The SMILES string of the molecule is O=C1OC(O)(Cc2ccccc2)C=C1c1c(F)cccc1F. The summed E-state index contributed by atoms with van der Waals surface area (Å²) in [6.07, 6.45) is 1.06. The van der Waals surface area contributed by atoms with Crippen molar-refractivity contribution in [3.05, 3.63) is 77.4 Å². The van der Waals surface area contributed by atoms with Gasteiger partial charge >= 0.3 is 5.97 Å². The van der Waals surface area contributed by atoms with Crippen LogP contribution in [0.2, 0.25) is 0 Å². The molecule has 1 atom stereocenters. The molecule has 0 radical (unpaired) electrons. The molecule has 5 heteroatoms. The topological polar surface area (TPSA) is 46.5 Å². The third-order valence-electron chi connectivity index (χ3n) is 3.39. The molecule has 1 unspecified atom stereocenters. The molecule has 0 amide bonds. The van der Waals surface area contributed by atoms with Crippen molar-refractivity contribution >= 4 is 11.5 Å². The fourth-order valence-electron chi connectivity index (χ4n) is 2.43. The molecule has 0 aromatic heterocycles. The molecule has 1 aliphatic rings. The third-order valence-corrected chi connectivity index (χ3v) is 3.39. The van der Waals surface area contributed by atoms with Gasteiger partial charge in [-0.05, 0) is 17.7 Å². The Bertz CT molecular complexity index is 736.